The largest absolute Gasteiger partial charge is 0.476 e. The Morgan fingerprint density at radius 1 is 1.89 bits per heavy atom. The van der Waals surface area contributed by atoms with Gasteiger partial charge >= 0.3 is 0 Å². The first-order chi connectivity index (χ1) is 4.34. The van der Waals surface area contributed by atoms with Crippen LogP contribution in [0.25, 0.3) is 0 Å². The Morgan fingerprint density at radius 2 is 2.67 bits per heavy atom. The third-order valence-electron chi connectivity index (χ3n) is 1.08. The molecule has 0 aliphatic carbocycles. The van der Waals surface area contributed by atoms with Gasteiger partial charge in [-0.2, -0.15) is 0 Å². The van der Waals surface area contributed by atoms with E-state index in [9.17, 15) is 0 Å². The van der Waals surface area contributed by atoms with Crippen molar-refractivity contribution in [3.05, 3.63) is 12.2 Å². The highest BCUT2D eigenvalue weighted by Gasteiger charge is 2.08. The number of aliphatic hydroxyl groups excluding tert-OH is 1. The molecule has 3 heteroatoms. The highest BCUT2D eigenvalue weighted by molar-refractivity contribution is 5.93. The standard InChI is InChI=1S/C6H9NO2/c1-5(4-8)6-7-2-3-9-6/h8H,1-4H2. The zero-order chi connectivity index (χ0) is 6.69. The van der Waals surface area contributed by atoms with E-state index in [4.69, 9.17) is 9.84 Å². The molecule has 0 aromatic carbocycles. The van der Waals surface area contributed by atoms with E-state index < -0.39 is 0 Å². The number of aliphatic imine (C=N–C) groups is 1. The van der Waals surface area contributed by atoms with Gasteiger partial charge in [0.15, 0.2) is 0 Å². The fourth-order valence-corrected chi connectivity index (χ4v) is 0.617. The fraction of sp³-hybridized carbons (Fsp3) is 0.500. The van der Waals surface area contributed by atoms with Crippen LogP contribution < -0.4 is 0 Å². The molecule has 9 heavy (non-hydrogen) atoms. The third-order valence-corrected chi connectivity index (χ3v) is 1.08. The quantitative estimate of drug-likeness (QED) is 0.565. The highest BCUT2D eigenvalue weighted by atomic mass is 16.5. The van der Waals surface area contributed by atoms with Gasteiger partial charge in [0, 0.05) is 5.57 Å². The Labute approximate surface area is 53.7 Å². The SMILES string of the molecule is C=C(CO)C1=NCCO1. The molecule has 0 unspecified atom stereocenters. The molecule has 50 valence electrons. The first-order valence-corrected chi connectivity index (χ1v) is 2.81. The molecule has 3 nitrogen and oxygen atoms in total. The molecule has 0 atom stereocenters. The predicted molar refractivity (Wildman–Crippen MR) is 34.5 cm³/mol. The van der Waals surface area contributed by atoms with Crippen LogP contribution in [0.4, 0.5) is 0 Å². The topological polar surface area (TPSA) is 41.8 Å². The summed E-state index contributed by atoms with van der Waals surface area (Å²) in [7, 11) is 0. The van der Waals surface area contributed by atoms with Gasteiger partial charge in [-0.1, -0.05) is 6.58 Å². The fourth-order valence-electron chi connectivity index (χ4n) is 0.617. The maximum Gasteiger partial charge on any atom is 0.213 e. The normalized spacial score (nSPS) is 16.8. The lowest BCUT2D eigenvalue weighted by Crippen LogP contribution is -2.05. The average Bonchev–Trinajstić information content (AvgIpc) is 2.37. The van der Waals surface area contributed by atoms with Crippen LogP contribution in [0.1, 0.15) is 0 Å². The molecule has 0 spiro atoms. The Morgan fingerprint density at radius 3 is 3.11 bits per heavy atom. The van der Waals surface area contributed by atoms with Gasteiger partial charge in [-0.25, -0.2) is 4.99 Å². The van der Waals surface area contributed by atoms with Gasteiger partial charge in [-0.3, -0.25) is 0 Å². The summed E-state index contributed by atoms with van der Waals surface area (Å²) in [6.45, 7) is 4.79. The van der Waals surface area contributed by atoms with Gasteiger partial charge in [-0.15, -0.1) is 0 Å². The van der Waals surface area contributed by atoms with Crippen molar-refractivity contribution in [2.45, 2.75) is 0 Å². The number of ether oxygens (including phenoxy) is 1. The van der Waals surface area contributed by atoms with Crippen molar-refractivity contribution in [2.24, 2.45) is 4.99 Å². The van der Waals surface area contributed by atoms with Crippen molar-refractivity contribution in [1.29, 1.82) is 0 Å². The van der Waals surface area contributed by atoms with Crippen LogP contribution in [-0.4, -0.2) is 30.8 Å². The summed E-state index contributed by atoms with van der Waals surface area (Å²) >= 11 is 0. The van der Waals surface area contributed by atoms with E-state index >= 15 is 0 Å². The molecule has 0 radical (unpaired) electrons. The van der Waals surface area contributed by atoms with Crippen molar-refractivity contribution in [3.8, 4) is 0 Å². The van der Waals surface area contributed by atoms with E-state index in [1.807, 2.05) is 0 Å². The lowest BCUT2D eigenvalue weighted by molar-refractivity contribution is 0.316. The monoisotopic (exact) mass is 127 g/mol. The summed E-state index contributed by atoms with van der Waals surface area (Å²) < 4.78 is 5.00. The van der Waals surface area contributed by atoms with E-state index in [2.05, 4.69) is 11.6 Å². The lowest BCUT2D eigenvalue weighted by Gasteiger charge is -1.99. The van der Waals surface area contributed by atoms with E-state index in [0.29, 0.717) is 24.6 Å². The number of hydrogen-bond donors (Lipinski definition) is 1. The van der Waals surface area contributed by atoms with Gasteiger partial charge in [0.1, 0.15) is 6.61 Å². The van der Waals surface area contributed by atoms with Gasteiger partial charge in [0.25, 0.3) is 0 Å². The molecule has 0 amide bonds. The van der Waals surface area contributed by atoms with Crippen LogP contribution in [0.2, 0.25) is 0 Å². The Kier molecular flexibility index (Phi) is 1.85. The van der Waals surface area contributed by atoms with Crippen molar-refractivity contribution in [2.75, 3.05) is 19.8 Å². The van der Waals surface area contributed by atoms with Gasteiger partial charge < -0.3 is 9.84 Å². The van der Waals surface area contributed by atoms with Crippen molar-refractivity contribution >= 4 is 5.90 Å². The van der Waals surface area contributed by atoms with E-state index in [1.54, 1.807) is 0 Å². The zero-order valence-electron chi connectivity index (χ0n) is 5.13. The number of rotatable bonds is 2. The maximum atomic E-state index is 8.53. The van der Waals surface area contributed by atoms with Crippen LogP contribution in [0.5, 0.6) is 0 Å². The maximum absolute atomic E-state index is 8.53. The second-order valence-corrected chi connectivity index (χ2v) is 1.80. The minimum Gasteiger partial charge on any atom is -0.476 e. The second kappa shape index (κ2) is 2.64. The van der Waals surface area contributed by atoms with Crippen LogP contribution in [0.15, 0.2) is 17.1 Å². The Balaban J connectivity index is 2.51. The smallest absolute Gasteiger partial charge is 0.213 e. The van der Waals surface area contributed by atoms with Crippen LogP contribution in [0.3, 0.4) is 0 Å². The molecule has 1 aliphatic heterocycles. The molecular formula is C6H9NO2. The second-order valence-electron chi connectivity index (χ2n) is 1.80. The summed E-state index contributed by atoms with van der Waals surface area (Å²) in [5.74, 6) is 0.512. The molecule has 1 N–H and O–H groups in total. The molecule has 0 saturated heterocycles. The first kappa shape index (κ1) is 6.29. The zero-order valence-corrected chi connectivity index (χ0v) is 5.13. The summed E-state index contributed by atoms with van der Waals surface area (Å²) in [6, 6.07) is 0. The van der Waals surface area contributed by atoms with Gasteiger partial charge in [-0.05, 0) is 0 Å². The highest BCUT2D eigenvalue weighted by Crippen LogP contribution is 2.01. The van der Waals surface area contributed by atoms with Gasteiger partial charge in [0.2, 0.25) is 5.90 Å². The molecular weight excluding hydrogens is 118 g/mol. The Hall–Kier alpha value is -0.830. The number of aliphatic hydroxyl groups is 1. The number of hydrogen-bond acceptors (Lipinski definition) is 3. The van der Waals surface area contributed by atoms with E-state index in [0.717, 1.165) is 0 Å². The Bertz CT molecular complexity index is 151. The van der Waals surface area contributed by atoms with E-state index in [-0.39, 0.29) is 6.61 Å². The molecule has 0 aromatic heterocycles. The van der Waals surface area contributed by atoms with E-state index in [1.165, 1.54) is 0 Å². The molecule has 1 rings (SSSR count). The minimum atomic E-state index is -0.0706. The molecule has 0 aromatic rings. The molecule has 0 fully saturated rings. The lowest BCUT2D eigenvalue weighted by atomic mass is 10.3. The van der Waals surface area contributed by atoms with Crippen molar-refractivity contribution in [1.82, 2.24) is 0 Å². The predicted octanol–water partition coefficient (Wildman–Crippen LogP) is -0.0364. The van der Waals surface area contributed by atoms with Crippen LogP contribution >= 0.6 is 0 Å². The third kappa shape index (κ3) is 1.29. The van der Waals surface area contributed by atoms with Gasteiger partial charge in [0.05, 0.1) is 13.2 Å². The minimum absolute atomic E-state index is 0.0706. The van der Waals surface area contributed by atoms with Crippen molar-refractivity contribution < 1.29 is 9.84 Å². The summed E-state index contributed by atoms with van der Waals surface area (Å²) in [4.78, 5) is 3.94. The molecule has 1 heterocycles. The molecule has 0 saturated carbocycles. The summed E-state index contributed by atoms with van der Waals surface area (Å²) in [5, 5.41) is 8.53. The number of nitrogens with zero attached hydrogens (tertiary/aromatic N) is 1. The first-order valence-electron chi connectivity index (χ1n) is 2.81. The van der Waals surface area contributed by atoms with Crippen LogP contribution in [0, 0.1) is 0 Å². The van der Waals surface area contributed by atoms with Crippen molar-refractivity contribution in [3.63, 3.8) is 0 Å². The average molecular weight is 127 g/mol. The molecule has 0 bridgehead atoms. The molecule has 1 aliphatic rings. The summed E-state index contributed by atoms with van der Waals surface area (Å²) in [5.41, 5.74) is 0.562. The van der Waals surface area contributed by atoms with Crippen LogP contribution in [-0.2, 0) is 4.74 Å². The summed E-state index contributed by atoms with van der Waals surface area (Å²) in [6.07, 6.45) is 0.